The van der Waals surface area contributed by atoms with E-state index < -0.39 is 17.2 Å². The molecule has 2 heterocycles. The summed E-state index contributed by atoms with van der Waals surface area (Å²) in [6, 6.07) is 9.27. The number of ether oxygens (including phenoxy) is 2. The third-order valence-corrected chi connectivity index (χ3v) is 4.35. The van der Waals surface area contributed by atoms with E-state index in [0.717, 1.165) is 5.56 Å². The number of hydrogen-bond acceptors (Lipinski definition) is 7. The maximum atomic E-state index is 13.0. The third-order valence-electron chi connectivity index (χ3n) is 4.35. The summed E-state index contributed by atoms with van der Waals surface area (Å²) in [6.07, 6.45) is 1.41. The van der Waals surface area contributed by atoms with Crippen LogP contribution in [0.2, 0.25) is 0 Å². The Labute approximate surface area is 166 Å². The summed E-state index contributed by atoms with van der Waals surface area (Å²) >= 11 is 0. The first kappa shape index (κ1) is 20.4. The minimum absolute atomic E-state index is 0.162. The number of nitrogens with one attached hydrogen (secondary N) is 1. The number of hydrogen-bond donors (Lipinski definition) is 2. The van der Waals surface area contributed by atoms with Gasteiger partial charge in [0, 0.05) is 32.5 Å². The smallest absolute Gasteiger partial charge is 0.268 e. The average Bonchev–Trinajstić information content (AvgIpc) is 2.74. The number of methoxy groups -OCH3 is 2. The molecule has 2 aromatic heterocycles. The second kappa shape index (κ2) is 9.26. The first-order valence-corrected chi connectivity index (χ1v) is 9.02. The Hall–Kier alpha value is -3.30. The predicted octanol–water partition coefficient (Wildman–Crippen LogP) is 1.19. The van der Waals surface area contributed by atoms with Crippen molar-refractivity contribution in [1.29, 1.82) is 0 Å². The first-order chi connectivity index (χ1) is 14.1. The van der Waals surface area contributed by atoms with Gasteiger partial charge in [-0.3, -0.25) is 14.2 Å². The highest BCUT2D eigenvalue weighted by atomic mass is 16.5. The van der Waals surface area contributed by atoms with Gasteiger partial charge in [0.1, 0.15) is 11.3 Å². The number of carbonyl (C=O) groups is 1. The second-order valence-corrected chi connectivity index (χ2v) is 6.22. The zero-order valence-corrected chi connectivity index (χ0v) is 16.2. The minimum atomic E-state index is -0.690. The number of nitrogens with zero attached hydrogens (tertiary/aromatic N) is 3. The van der Waals surface area contributed by atoms with Gasteiger partial charge in [0.2, 0.25) is 0 Å². The van der Waals surface area contributed by atoms with Gasteiger partial charge in [-0.25, -0.2) is 9.97 Å². The fraction of sp³-hybridized carbons (Fsp3) is 0.300. The summed E-state index contributed by atoms with van der Waals surface area (Å²) in [5, 5.41) is 13.4. The van der Waals surface area contributed by atoms with Gasteiger partial charge in [0.05, 0.1) is 25.1 Å². The number of rotatable bonds is 8. The predicted molar refractivity (Wildman–Crippen MR) is 107 cm³/mol. The van der Waals surface area contributed by atoms with Crippen molar-refractivity contribution in [1.82, 2.24) is 19.9 Å². The van der Waals surface area contributed by atoms with Crippen molar-refractivity contribution in [3.63, 3.8) is 0 Å². The number of fused-ring (bicyclic) bond motifs is 1. The Kier molecular flexibility index (Phi) is 6.53. The van der Waals surface area contributed by atoms with Crippen LogP contribution in [0, 0.1) is 0 Å². The molecule has 0 bridgehead atoms. The monoisotopic (exact) mass is 398 g/mol. The summed E-state index contributed by atoms with van der Waals surface area (Å²) in [5.74, 6) is -0.738. The molecule has 0 spiro atoms. The van der Waals surface area contributed by atoms with Crippen molar-refractivity contribution in [3.8, 4) is 17.1 Å². The van der Waals surface area contributed by atoms with Gasteiger partial charge >= 0.3 is 0 Å². The third kappa shape index (κ3) is 4.25. The van der Waals surface area contributed by atoms with Crippen LogP contribution < -0.4 is 10.9 Å². The standard InChI is InChI=1S/C20H22N4O5/c1-28-10-8-21-19(26)15-16(25)14-12-22-17(13-6-4-3-5-7-13)23-18(14)24(20(15)27)9-11-29-2/h3-7,12,25H,8-11H2,1-2H3,(H,21,26). The SMILES string of the molecule is COCCNC(=O)c1c(O)c2cnc(-c3ccccc3)nc2n(CCOC)c1=O. The lowest BCUT2D eigenvalue weighted by atomic mass is 10.1. The van der Waals surface area contributed by atoms with Crippen LogP contribution in [-0.4, -0.2) is 59.5 Å². The Morgan fingerprint density at radius 3 is 2.59 bits per heavy atom. The molecule has 0 aliphatic carbocycles. The van der Waals surface area contributed by atoms with Crippen molar-refractivity contribution in [2.24, 2.45) is 0 Å². The van der Waals surface area contributed by atoms with Crippen LogP contribution >= 0.6 is 0 Å². The largest absolute Gasteiger partial charge is 0.506 e. The molecule has 1 aromatic carbocycles. The maximum absolute atomic E-state index is 13.0. The lowest BCUT2D eigenvalue weighted by molar-refractivity contribution is 0.0932. The highest BCUT2D eigenvalue weighted by molar-refractivity contribution is 6.01. The summed E-state index contributed by atoms with van der Waals surface area (Å²) in [6.45, 7) is 0.875. The quantitative estimate of drug-likeness (QED) is 0.548. The first-order valence-electron chi connectivity index (χ1n) is 9.02. The van der Waals surface area contributed by atoms with E-state index in [0.29, 0.717) is 5.82 Å². The Morgan fingerprint density at radius 2 is 1.90 bits per heavy atom. The molecule has 0 saturated heterocycles. The van der Waals surface area contributed by atoms with Gasteiger partial charge in [-0.2, -0.15) is 0 Å². The van der Waals surface area contributed by atoms with E-state index in [-0.39, 0.29) is 42.9 Å². The molecule has 1 amide bonds. The molecule has 0 saturated carbocycles. The molecule has 0 aliphatic heterocycles. The Balaban J connectivity index is 2.17. The molecular weight excluding hydrogens is 376 g/mol. The zero-order valence-electron chi connectivity index (χ0n) is 16.2. The van der Waals surface area contributed by atoms with Gasteiger partial charge in [-0.15, -0.1) is 0 Å². The van der Waals surface area contributed by atoms with Crippen LogP contribution in [0.4, 0.5) is 0 Å². The van der Waals surface area contributed by atoms with Crippen molar-refractivity contribution in [2.45, 2.75) is 6.54 Å². The molecule has 0 atom stereocenters. The van der Waals surface area contributed by atoms with Crippen LogP contribution in [-0.2, 0) is 16.0 Å². The number of benzene rings is 1. The second-order valence-electron chi connectivity index (χ2n) is 6.22. The number of aromatic hydroxyl groups is 1. The normalized spacial score (nSPS) is 11.0. The van der Waals surface area contributed by atoms with Gasteiger partial charge in [0.15, 0.2) is 11.5 Å². The molecule has 3 rings (SSSR count). The van der Waals surface area contributed by atoms with Crippen LogP contribution in [0.25, 0.3) is 22.4 Å². The lowest BCUT2D eigenvalue weighted by Crippen LogP contribution is -2.35. The number of amides is 1. The summed E-state index contributed by atoms with van der Waals surface area (Å²) in [7, 11) is 3.01. The van der Waals surface area contributed by atoms with E-state index in [1.165, 1.54) is 25.0 Å². The van der Waals surface area contributed by atoms with E-state index >= 15 is 0 Å². The molecule has 9 heteroatoms. The molecule has 9 nitrogen and oxygen atoms in total. The number of aromatic nitrogens is 3. The maximum Gasteiger partial charge on any atom is 0.268 e. The molecule has 0 aliphatic rings. The molecule has 0 unspecified atom stereocenters. The molecular formula is C20H22N4O5. The van der Waals surface area contributed by atoms with Gasteiger partial charge in [0.25, 0.3) is 11.5 Å². The van der Waals surface area contributed by atoms with E-state index in [9.17, 15) is 14.7 Å². The number of carbonyl (C=O) groups excluding carboxylic acids is 1. The Morgan fingerprint density at radius 1 is 1.17 bits per heavy atom. The van der Waals surface area contributed by atoms with Crippen LogP contribution in [0.5, 0.6) is 5.75 Å². The lowest BCUT2D eigenvalue weighted by Gasteiger charge is -2.14. The molecule has 2 N–H and O–H groups in total. The van der Waals surface area contributed by atoms with Gasteiger partial charge in [-0.1, -0.05) is 30.3 Å². The molecule has 0 radical (unpaired) electrons. The van der Waals surface area contributed by atoms with Crippen molar-refractivity contribution >= 4 is 16.9 Å². The topological polar surface area (TPSA) is 116 Å². The van der Waals surface area contributed by atoms with Crippen LogP contribution in [0.15, 0.2) is 41.3 Å². The fourth-order valence-electron chi connectivity index (χ4n) is 2.89. The summed E-state index contributed by atoms with van der Waals surface area (Å²) < 4.78 is 11.3. The van der Waals surface area contributed by atoms with E-state index in [1.54, 1.807) is 0 Å². The minimum Gasteiger partial charge on any atom is -0.506 e. The zero-order chi connectivity index (χ0) is 20.8. The van der Waals surface area contributed by atoms with Crippen molar-refractivity contribution in [3.05, 3.63) is 52.4 Å². The molecule has 29 heavy (non-hydrogen) atoms. The van der Waals surface area contributed by atoms with E-state index in [1.807, 2.05) is 30.3 Å². The Bertz CT molecular complexity index is 1070. The summed E-state index contributed by atoms with van der Waals surface area (Å²) in [5.41, 5.74) is -0.0201. The number of pyridine rings is 1. The average molecular weight is 398 g/mol. The highest BCUT2D eigenvalue weighted by Crippen LogP contribution is 2.26. The fourth-order valence-corrected chi connectivity index (χ4v) is 2.89. The van der Waals surface area contributed by atoms with Crippen LogP contribution in [0.1, 0.15) is 10.4 Å². The van der Waals surface area contributed by atoms with E-state index in [4.69, 9.17) is 9.47 Å². The van der Waals surface area contributed by atoms with Gasteiger partial charge < -0.3 is 19.9 Å². The molecule has 152 valence electrons. The van der Waals surface area contributed by atoms with Crippen molar-refractivity contribution in [2.75, 3.05) is 34.0 Å². The molecule has 0 fully saturated rings. The van der Waals surface area contributed by atoms with Gasteiger partial charge in [-0.05, 0) is 0 Å². The van der Waals surface area contributed by atoms with E-state index in [2.05, 4.69) is 15.3 Å². The molecule has 3 aromatic rings. The van der Waals surface area contributed by atoms with Crippen molar-refractivity contribution < 1.29 is 19.4 Å². The summed E-state index contributed by atoms with van der Waals surface area (Å²) in [4.78, 5) is 34.3. The van der Waals surface area contributed by atoms with Crippen LogP contribution in [0.3, 0.4) is 0 Å². The highest BCUT2D eigenvalue weighted by Gasteiger charge is 2.23.